The minimum atomic E-state index is -4.53. The van der Waals surface area contributed by atoms with Gasteiger partial charge in [0.25, 0.3) is 12.3 Å². The first-order chi connectivity index (χ1) is 20.4. The molecule has 1 aromatic carbocycles. The van der Waals surface area contributed by atoms with Crippen LogP contribution in [0.3, 0.4) is 0 Å². The van der Waals surface area contributed by atoms with Crippen molar-refractivity contribution >= 4 is 25.1 Å². The van der Waals surface area contributed by atoms with E-state index in [4.69, 9.17) is 38.5 Å². The van der Waals surface area contributed by atoms with Crippen molar-refractivity contribution < 1.29 is 46.5 Å². The van der Waals surface area contributed by atoms with Gasteiger partial charge in [0.1, 0.15) is 42.4 Å². The molecule has 2 aliphatic rings. The van der Waals surface area contributed by atoms with Gasteiger partial charge in [0.15, 0.2) is 11.9 Å². The van der Waals surface area contributed by atoms with Gasteiger partial charge in [-0.05, 0) is 45.0 Å². The maximum atomic E-state index is 16.9. The molecule has 0 radical (unpaired) electrons. The van der Waals surface area contributed by atoms with Crippen LogP contribution in [0.2, 0.25) is 0 Å². The van der Waals surface area contributed by atoms with E-state index in [0.29, 0.717) is 5.52 Å². The molecule has 2 saturated heterocycles. The average Bonchev–Trinajstić information content (AvgIpc) is 3.67. The van der Waals surface area contributed by atoms with Gasteiger partial charge in [-0.1, -0.05) is 18.2 Å². The van der Waals surface area contributed by atoms with Gasteiger partial charge < -0.3 is 33.9 Å². The summed E-state index contributed by atoms with van der Waals surface area (Å²) in [6.45, 7) is 2.21. The Labute approximate surface area is 245 Å². The maximum absolute atomic E-state index is 16.9. The number of nitrogen functional groups attached to an aromatic ring is 1. The fraction of sp³-hybridized carbons (Fsp3) is 0.462. The van der Waals surface area contributed by atoms with Crippen LogP contribution in [0.5, 0.6) is 5.75 Å². The lowest BCUT2D eigenvalue weighted by atomic mass is 9.92. The van der Waals surface area contributed by atoms with Crippen LogP contribution in [0.1, 0.15) is 26.5 Å². The number of benzene rings is 1. The number of fused-ring (bicyclic) bond motifs is 2. The molecule has 5 rings (SSSR count). The number of carbonyl (C=O) groups is 1. The zero-order chi connectivity index (χ0) is 31.0. The van der Waals surface area contributed by atoms with Gasteiger partial charge in [-0.15, -0.1) is 0 Å². The fourth-order valence-electron chi connectivity index (χ4n) is 4.74. The normalized spacial score (nSPS) is 28.7. The molecule has 17 heteroatoms. The Morgan fingerprint density at radius 3 is 2.63 bits per heavy atom. The van der Waals surface area contributed by atoms with E-state index in [0.717, 1.165) is 6.33 Å². The summed E-state index contributed by atoms with van der Waals surface area (Å²) in [6, 6.07) is 11.7. The number of carbonyl (C=O) groups excluding carboxylic acids is 1. The second kappa shape index (κ2) is 11.8. The number of anilines is 1. The number of nitrogens with zero attached hydrogens (tertiary/aromatic N) is 4. The SMILES string of the molecule is COC1O[C@@H]2[C@H](O1)[C@@](F)(COP(=O)(N[C@H](C)C(=O)OC(C)C)Oc1ccccc1)O[C@@]2(C#N)c1ccc2c(N)ncnn12. The number of nitrogens with two attached hydrogens (primary N) is 1. The third kappa shape index (κ3) is 5.80. The molecule has 2 aliphatic heterocycles. The van der Waals surface area contributed by atoms with E-state index in [1.165, 1.54) is 42.8 Å². The Hall–Kier alpha value is -3.68. The largest absolute Gasteiger partial charge is 0.462 e. The molecule has 0 bridgehead atoms. The zero-order valence-corrected chi connectivity index (χ0v) is 24.5. The Morgan fingerprint density at radius 2 is 1.95 bits per heavy atom. The molecule has 4 heterocycles. The second-order valence-electron chi connectivity index (χ2n) is 10.0. The van der Waals surface area contributed by atoms with E-state index in [2.05, 4.69) is 15.2 Å². The van der Waals surface area contributed by atoms with E-state index in [1.54, 1.807) is 32.0 Å². The van der Waals surface area contributed by atoms with E-state index in [9.17, 15) is 14.6 Å². The molecule has 3 aromatic rings. The van der Waals surface area contributed by atoms with Crippen LogP contribution in [0.15, 0.2) is 48.8 Å². The van der Waals surface area contributed by atoms with Crippen molar-refractivity contribution in [1.29, 1.82) is 5.26 Å². The first kappa shape index (κ1) is 30.8. The molecule has 2 fully saturated rings. The smallest absolute Gasteiger partial charge is 0.459 e. The lowest BCUT2D eigenvalue weighted by Crippen LogP contribution is -2.43. The van der Waals surface area contributed by atoms with Crippen LogP contribution < -0.4 is 15.3 Å². The summed E-state index contributed by atoms with van der Waals surface area (Å²) in [6.07, 6.45) is -2.32. The molecule has 7 atom stereocenters. The highest BCUT2D eigenvalue weighted by atomic mass is 31.2. The summed E-state index contributed by atoms with van der Waals surface area (Å²) in [5, 5.41) is 17.1. The highest BCUT2D eigenvalue weighted by molar-refractivity contribution is 7.52. The monoisotopic (exact) mass is 620 g/mol. The lowest BCUT2D eigenvalue weighted by molar-refractivity contribution is -0.296. The molecule has 15 nitrogen and oxygen atoms in total. The van der Waals surface area contributed by atoms with Gasteiger partial charge in [0.05, 0.1) is 11.8 Å². The predicted molar refractivity (Wildman–Crippen MR) is 145 cm³/mol. The number of rotatable bonds is 11. The molecule has 43 heavy (non-hydrogen) atoms. The summed E-state index contributed by atoms with van der Waals surface area (Å²) < 4.78 is 70.8. The third-order valence-electron chi connectivity index (χ3n) is 6.62. The van der Waals surface area contributed by atoms with Crippen LogP contribution in [0, 0.1) is 11.3 Å². The Kier molecular flexibility index (Phi) is 8.43. The second-order valence-corrected chi connectivity index (χ2v) is 11.7. The highest BCUT2D eigenvalue weighted by Crippen LogP contribution is 2.54. The molecule has 0 spiro atoms. The van der Waals surface area contributed by atoms with Gasteiger partial charge in [-0.25, -0.2) is 18.5 Å². The van der Waals surface area contributed by atoms with E-state index >= 15 is 4.39 Å². The summed E-state index contributed by atoms with van der Waals surface area (Å²) in [7, 11) is -3.26. The number of methoxy groups -OCH3 is 1. The minimum Gasteiger partial charge on any atom is -0.462 e. The maximum Gasteiger partial charge on any atom is 0.459 e. The minimum absolute atomic E-state index is 0.0564. The molecule has 0 saturated carbocycles. The molecular formula is C26H30FN6O9P. The number of hydrogen-bond donors (Lipinski definition) is 2. The molecular weight excluding hydrogens is 590 g/mol. The van der Waals surface area contributed by atoms with Crippen LogP contribution in [-0.4, -0.2) is 71.0 Å². The van der Waals surface area contributed by atoms with E-state index < -0.39 is 62.6 Å². The van der Waals surface area contributed by atoms with Gasteiger partial charge in [0.2, 0.25) is 5.60 Å². The van der Waals surface area contributed by atoms with Crippen LogP contribution in [0.25, 0.3) is 5.52 Å². The van der Waals surface area contributed by atoms with Gasteiger partial charge in [0, 0.05) is 7.11 Å². The Bertz CT molecular complexity index is 1570. The van der Waals surface area contributed by atoms with Crippen molar-refractivity contribution in [1.82, 2.24) is 19.7 Å². The third-order valence-corrected chi connectivity index (χ3v) is 8.25. The number of halogens is 1. The molecule has 0 aliphatic carbocycles. The van der Waals surface area contributed by atoms with E-state index in [1.807, 2.05) is 6.07 Å². The van der Waals surface area contributed by atoms with Crippen molar-refractivity contribution in [2.45, 2.75) is 63.1 Å². The number of para-hydroxylation sites is 1. The fourth-order valence-corrected chi connectivity index (χ4v) is 6.25. The first-order valence-corrected chi connectivity index (χ1v) is 14.7. The average molecular weight is 621 g/mol. The number of nitrogens with one attached hydrogen (secondary N) is 1. The van der Waals surface area contributed by atoms with Crippen LogP contribution in [0.4, 0.5) is 10.2 Å². The Balaban J connectivity index is 1.48. The Morgan fingerprint density at radius 1 is 1.23 bits per heavy atom. The van der Waals surface area contributed by atoms with Crippen molar-refractivity contribution in [3.05, 3.63) is 54.5 Å². The topological polar surface area (TPSA) is 191 Å². The molecule has 230 valence electrons. The van der Waals surface area contributed by atoms with E-state index in [-0.39, 0.29) is 17.3 Å². The van der Waals surface area contributed by atoms with Gasteiger partial charge >= 0.3 is 13.7 Å². The summed E-state index contributed by atoms with van der Waals surface area (Å²) in [5.74, 6) is -3.51. The number of hydrogen-bond acceptors (Lipinski definition) is 13. The molecule has 2 unspecified atom stereocenters. The number of nitriles is 1. The lowest BCUT2D eigenvalue weighted by Gasteiger charge is -2.30. The highest BCUT2D eigenvalue weighted by Gasteiger charge is 2.72. The summed E-state index contributed by atoms with van der Waals surface area (Å²) >= 11 is 0. The van der Waals surface area contributed by atoms with Crippen molar-refractivity contribution in [2.24, 2.45) is 0 Å². The predicted octanol–water partition coefficient (Wildman–Crippen LogP) is 2.57. The van der Waals surface area contributed by atoms with Crippen molar-refractivity contribution in [3.63, 3.8) is 0 Å². The zero-order valence-electron chi connectivity index (χ0n) is 23.6. The number of alkyl halides is 1. The van der Waals surface area contributed by atoms with Gasteiger partial charge in [-0.3, -0.25) is 9.32 Å². The standard InChI is InChI=1S/C26H30FN6O9P/c1-15(2)38-23(34)16(3)32-43(35,41-17-8-6-5-7-9-17)37-13-26(27)21-20(39-24(36-4)40-21)25(12-28,42-26)19-11-10-18-22(29)30-14-31-33(18)19/h5-11,14-16,20-21,24H,13H2,1-4H3,(H,32,35)(H2,29,30,31)/t16-,20-,21+,24?,25+,26-,43?/m1/s1. The molecule has 2 aromatic heterocycles. The summed E-state index contributed by atoms with van der Waals surface area (Å²) in [5.41, 5.74) is 4.17. The number of ether oxygens (including phenoxy) is 5. The van der Waals surface area contributed by atoms with Crippen molar-refractivity contribution in [3.8, 4) is 11.8 Å². The van der Waals surface area contributed by atoms with Crippen LogP contribution >= 0.6 is 7.75 Å². The first-order valence-electron chi connectivity index (χ1n) is 13.1. The van der Waals surface area contributed by atoms with Crippen LogP contribution in [-0.2, 0) is 43.2 Å². The number of esters is 1. The summed E-state index contributed by atoms with van der Waals surface area (Å²) in [4.78, 5) is 16.4. The molecule has 0 amide bonds. The van der Waals surface area contributed by atoms with Crippen molar-refractivity contribution in [2.75, 3.05) is 19.5 Å². The quantitative estimate of drug-likeness (QED) is 0.235. The molecule has 3 N–H and O–H groups in total. The van der Waals surface area contributed by atoms with Gasteiger partial charge in [-0.2, -0.15) is 15.4 Å². The number of aromatic nitrogens is 3.